The molecule has 0 unspecified atom stereocenters. The van der Waals surface area contributed by atoms with Gasteiger partial charge in [0, 0.05) is 16.1 Å². The van der Waals surface area contributed by atoms with Gasteiger partial charge in [0.1, 0.15) is 0 Å². The SMILES string of the molecule is Cc1ccc(NC(=O)CNc2ccc3sccc3c2)cc1. The van der Waals surface area contributed by atoms with E-state index in [-0.39, 0.29) is 12.5 Å². The number of hydrogen-bond acceptors (Lipinski definition) is 3. The molecule has 21 heavy (non-hydrogen) atoms. The Morgan fingerprint density at radius 2 is 1.81 bits per heavy atom. The van der Waals surface area contributed by atoms with Crippen molar-refractivity contribution in [2.75, 3.05) is 17.2 Å². The summed E-state index contributed by atoms with van der Waals surface area (Å²) in [5.41, 5.74) is 2.95. The molecule has 2 N–H and O–H groups in total. The number of amides is 1. The zero-order chi connectivity index (χ0) is 14.7. The monoisotopic (exact) mass is 296 g/mol. The average molecular weight is 296 g/mol. The predicted molar refractivity (Wildman–Crippen MR) is 90.1 cm³/mol. The minimum absolute atomic E-state index is 0.0516. The maximum absolute atomic E-state index is 11.9. The summed E-state index contributed by atoms with van der Waals surface area (Å²) in [6.07, 6.45) is 0. The van der Waals surface area contributed by atoms with Crippen molar-refractivity contribution in [1.29, 1.82) is 0 Å². The zero-order valence-corrected chi connectivity index (χ0v) is 12.5. The van der Waals surface area contributed by atoms with Crippen molar-refractivity contribution in [2.45, 2.75) is 6.92 Å². The Bertz CT molecular complexity index is 762. The van der Waals surface area contributed by atoms with E-state index in [4.69, 9.17) is 0 Å². The fourth-order valence-electron chi connectivity index (χ4n) is 2.10. The lowest BCUT2D eigenvalue weighted by Crippen LogP contribution is -2.21. The van der Waals surface area contributed by atoms with E-state index in [1.54, 1.807) is 11.3 Å². The van der Waals surface area contributed by atoms with E-state index in [1.807, 2.05) is 37.3 Å². The maximum Gasteiger partial charge on any atom is 0.243 e. The molecule has 1 aromatic heterocycles. The number of thiophene rings is 1. The zero-order valence-electron chi connectivity index (χ0n) is 11.7. The highest BCUT2D eigenvalue weighted by Gasteiger charge is 2.03. The number of aryl methyl sites for hydroxylation is 1. The maximum atomic E-state index is 11.9. The van der Waals surface area contributed by atoms with Crippen LogP contribution in [0.15, 0.2) is 53.9 Å². The van der Waals surface area contributed by atoms with Crippen LogP contribution in [0.25, 0.3) is 10.1 Å². The van der Waals surface area contributed by atoms with Gasteiger partial charge in [-0.15, -0.1) is 11.3 Å². The lowest BCUT2D eigenvalue weighted by Gasteiger charge is -2.08. The van der Waals surface area contributed by atoms with Gasteiger partial charge < -0.3 is 10.6 Å². The molecule has 0 bridgehead atoms. The molecule has 0 saturated heterocycles. The summed E-state index contributed by atoms with van der Waals surface area (Å²) in [6, 6.07) is 16.0. The van der Waals surface area contributed by atoms with Crippen molar-refractivity contribution in [1.82, 2.24) is 0 Å². The molecule has 3 rings (SSSR count). The third-order valence-corrected chi connectivity index (χ3v) is 4.14. The summed E-state index contributed by atoms with van der Waals surface area (Å²) in [5, 5.41) is 9.29. The third kappa shape index (κ3) is 3.41. The van der Waals surface area contributed by atoms with Gasteiger partial charge in [-0.3, -0.25) is 4.79 Å². The number of rotatable bonds is 4. The molecule has 0 fully saturated rings. The van der Waals surface area contributed by atoms with E-state index in [1.165, 1.54) is 15.6 Å². The highest BCUT2D eigenvalue weighted by molar-refractivity contribution is 7.17. The number of benzene rings is 2. The molecule has 0 aliphatic rings. The number of anilines is 2. The lowest BCUT2D eigenvalue weighted by atomic mass is 10.2. The number of nitrogens with one attached hydrogen (secondary N) is 2. The molecule has 0 saturated carbocycles. The van der Waals surface area contributed by atoms with E-state index in [9.17, 15) is 4.79 Å². The predicted octanol–water partition coefficient (Wildman–Crippen LogP) is 4.26. The standard InChI is InChI=1S/C17H16N2OS/c1-12-2-4-14(5-3-12)19-17(20)11-18-15-6-7-16-13(10-15)8-9-21-16/h2-10,18H,11H2,1H3,(H,19,20). The van der Waals surface area contributed by atoms with Crippen molar-refractivity contribution in [3.63, 3.8) is 0 Å². The molecule has 0 radical (unpaired) electrons. The fraction of sp³-hybridized carbons (Fsp3) is 0.118. The van der Waals surface area contributed by atoms with E-state index in [0.717, 1.165) is 11.4 Å². The summed E-state index contributed by atoms with van der Waals surface area (Å²) in [6.45, 7) is 2.28. The summed E-state index contributed by atoms with van der Waals surface area (Å²) >= 11 is 1.72. The van der Waals surface area contributed by atoms with Gasteiger partial charge in [0.2, 0.25) is 5.91 Å². The summed E-state index contributed by atoms with van der Waals surface area (Å²) in [7, 11) is 0. The van der Waals surface area contributed by atoms with Crippen LogP contribution in [0.5, 0.6) is 0 Å². The van der Waals surface area contributed by atoms with Gasteiger partial charge in [-0.25, -0.2) is 0 Å². The van der Waals surface area contributed by atoms with Crippen molar-refractivity contribution >= 4 is 38.7 Å². The molecule has 1 amide bonds. The summed E-state index contributed by atoms with van der Waals surface area (Å²) in [4.78, 5) is 11.9. The van der Waals surface area contributed by atoms with E-state index >= 15 is 0 Å². The molecule has 1 heterocycles. The second kappa shape index (κ2) is 5.97. The highest BCUT2D eigenvalue weighted by Crippen LogP contribution is 2.23. The van der Waals surface area contributed by atoms with E-state index in [2.05, 4.69) is 34.2 Å². The minimum atomic E-state index is -0.0516. The average Bonchev–Trinajstić information content (AvgIpc) is 2.95. The van der Waals surface area contributed by atoms with Crippen LogP contribution in [0, 0.1) is 6.92 Å². The Morgan fingerprint density at radius 3 is 2.62 bits per heavy atom. The van der Waals surface area contributed by atoms with Crippen LogP contribution in [-0.2, 0) is 4.79 Å². The molecular weight excluding hydrogens is 280 g/mol. The first kappa shape index (κ1) is 13.6. The molecule has 0 aliphatic carbocycles. The van der Waals surface area contributed by atoms with E-state index < -0.39 is 0 Å². The van der Waals surface area contributed by atoms with Gasteiger partial charge >= 0.3 is 0 Å². The Hall–Kier alpha value is -2.33. The van der Waals surface area contributed by atoms with Crippen LogP contribution in [0.1, 0.15) is 5.56 Å². The molecule has 0 aliphatic heterocycles. The summed E-state index contributed by atoms with van der Waals surface area (Å²) in [5.74, 6) is -0.0516. The second-order valence-electron chi connectivity index (χ2n) is 4.94. The number of carbonyl (C=O) groups excluding carboxylic acids is 1. The largest absolute Gasteiger partial charge is 0.376 e. The van der Waals surface area contributed by atoms with E-state index in [0.29, 0.717) is 0 Å². The summed E-state index contributed by atoms with van der Waals surface area (Å²) < 4.78 is 1.25. The van der Waals surface area contributed by atoms with Crippen molar-refractivity contribution in [2.24, 2.45) is 0 Å². The van der Waals surface area contributed by atoms with Gasteiger partial charge in [-0.05, 0) is 54.1 Å². The van der Waals surface area contributed by atoms with Gasteiger partial charge in [0.15, 0.2) is 0 Å². The number of hydrogen-bond donors (Lipinski definition) is 2. The van der Waals surface area contributed by atoms with Crippen LogP contribution in [0.4, 0.5) is 11.4 Å². The molecule has 3 aromatic rings. The smallest absolute Gasteiger partial charge is 0.243 e. The van der Waals surface area contributed by atoms with Crippen LogP contribution in [0.3, 0.4) is 0 Å². The fourth-order valence-corrected chi connectivity index (χ4v) is 2.87. The quantitative estimate of drug-likeness (QED) is 0.755. The molecule has 3 nitrogen and oxygen atoms in total. The Morgan fingerprint density at radius 1 is 1.05 bits per heavy atom. The van der Waals surface area contributed by atoms with Crippen LogP contribution in [-0.4, -0.2) is 12.5 Å². The minimum Gasteiger partial charge on any atom is -0.376 e. The molecule has 4 heteroatoms. The van der Waals surface area contributed by atoms with Crippen LogP contribution >= 0.6 is 11.3 Å². The first-order valence-electron chi connectivity index (χ1n) is 6.78. The Labute approximate surface area is 127 Å². The van der Waals surface area contributed by atoms with Crippen molar-refractivity contribution < 1.29 is 4.79 Å². The lowest BCUT2D eigenvalue weighted by molar-refractivity contribution is -0.114. The molecular formula is C17H16N2OS. The highest BCUT2D eigenvalue weighted by atomic mass is 32.1. The van der Waals surface area contributed by atoms with Crippen LogP contribution < -0.4 is 10.6 Å². The second-order valence-corrected chi connectivity index (χ2v) is 5.89. The Kier molecular flexibility index (Phi) is 3.88. The van der Waals surface area contributed by atoms with Gasteiger partial charge in [0.05, 0.1) is 6.54 Å². The number of carbonyl (C=O) groups is 1. The van der Waals surface area contributed by atoms with Gasteiger partial charge in [-0.1, -0.05) is 17.7 Å². The van der Waals surface area contributed by atoms with Crippen molar-refractivity contribution in [3.8, 4) is 0 Å². The Balaban J connectivity index is 1.58. The molecule has 2 aromatic carbocycles. The molecule has 0 atom stereocenters. The molecule has 106 valence electrons. The number of fused-ring (bicyclic) bond motifs is 1. The third-order valence-electron chi connectivity index (χ3n) is 3.24. The van der Waals surface area contributed by atoms with Gasteiger partial charge in [-0.2, -0.15) is 0 Å². The molecule has 0 spiro atoms. The first-order chi connectivity index (χ1) is 10.2. The topological polar surface area (TPSA) is 41.1 Å². The normalized spacial score (nSPS) is 10.5. The van der Waals surface area contributed by atoms with Gasteiger partial charge in [0.25, 0.3) is 0 Å². The van der Waals surface area contributed by atoms with Crippen LogP contribution in [0.2, 0.25) is 0 Å². The first-order valence-corrected chi connectivity index (χ1v) is 7.66. The van der Waals surface area contributed by atoms with Crippen molar-refractivity contribution in [3.05, 3.63) is 59.5 Å².